The average molecular weight is 425 g/mol. The normalized spacial score (nSPS) is 18.9. The van der Waals surface area contributed by atoms with Crippen molar-refractivity contribution in [1.82, 2.24) is 14.5 Å². The van der Waals surface area contributed by atoms with E-state index in [9.17, 15) is 4.79 Å². The maximum atomic E-state index is 13.1. The fraction of sp³-hybridized carbons (Fsp3) is 0.391. The summed E-state index contributed by atoms with van der Waals surface area (Å²) in [5.74, 6) is 1.76. The van der Waals surface area contributed by atoms with Crippen molar-refractivity contribution in [3.63, 3.8) is 0 Å². The van der Waals surface area contributed by atoms with Crippen LogP contribution in [0, 0.1) is 0 Å². The van der Waals surface area contributed by atoms with Gasteiger partial charge in [0.1, 0.15) is 11.6 Å². The Morgan fingerprint density at radius 2 is 1.97 bits per heavy atom. The van der Waals surface area contributed by atoms with Crippen LogP contribution in [0.1, 0.15) is 25.1 Å². The van der Waals surface area contributed by atoms with E-state index in [1.54, 1.807) is 0 Å². The summed E-state index contributed by atoms with van der Waals surface area (Å²) in [5, 5.41) is 0.677. The zero-order valence-electron chi connectivity index (χ0n) is 17.1. The first kappa shape index (κ1) is 19.2. The number of aryl methyl sites for hydroxylation is 1. The number of nitrogens with zero attached hydrogens (tertiary/aromatic N) is 4. The third kappa shape index (κ3) is 3.49. The number of amides is 1. The molecule has 2 aliphatic heterocycles. The van der Waals surface area contributed by atoms with Crippen LogP contribution in [0.15, 0.2) is 42.5 Å². The molecule has 6 nitrogen and oxygen atoms in total. The van der Waals surface area contributed by atoms with Gasteiger partial charge in [0.25, 0.3) is 5.91 Å². The zero-order valence-corrected chi connectivity index (χ0v) is 17.8. The van der Waals surface area contributed by atoms with Gasteiger partial charge in [0.2, 0.25) is 0 Å². The van der Waals surface area contributed by atoms with E-state index in [2.05, 4.69) is 9.47 Å². The van der Waals surface area contributed by atoms with Gasteiger partial charge in [0.15, 0.2) is 6.10 Å². The van der Waals surface area contributed by atoms with Crippen LogP contribution < -0.4 is 9.64 Å². The van der Waals surface area contributed by atoms with Crippen molar-refractivity contribution in [1.29, 1.82) is 0 Å². The van der Waals surface area contributed by atoms with Crippen molar-refractivity contribution < 1.29 is 9.53 Å². The maximum Gasteiger partial charge on any atom is 0.265 e. The van der Waals surface area contributed by atoms with Crippen LogP contribution in [0.2, 0.25) is 5.02 Å². The van der Waals surface area contributed by atoms with Crippen LogP contribution in [0.3, 0.4) is 0 Å². The highest BCUT2D eigenvalue weighted by Crippen LogP contribution is 2.35. The second-order valence-electron chi connectivity index (χ2n) is 8.06. The molecule has 1 amide bonds. The van der Waals surface area contributed by atoms with Crippen LogP contribution in [-0.4, -0.2) is 46.1 Å². The minimum atomic E-state index is -0.498. The number of ether oxygens (including phenoxy) is 1. The minimum Gasteiger partial charge on any atom is -0.477 e. The molecule has 1 fully saturated rings. The standard InChI is InChI=1S/C23H25ClN4O2/c1-26-18-10-9-16(24)13-17(18)25-22(26)15-28-14-21(23(29)27-11-5-2-6-12-27)30-20-8-4-3-7-19(20)28/h3-4,7-10,13,21H,2,5-6,11-12,14-15H2,1H3. The SMILES string of the molecule is Cn1c(CN2CC(C(=O)N3CCCCC3)Oc3ccccc32)nc2cc(Cl)ccc21. The number of hydrogen-bond donors (Lipinski definition) is 0. The predicted molar refractivity (Wildman–Crippen MR) is 118 cm³/mol. The van der Waals surface area contributed by atoms with Crippen LogP contribution in [0.5, 0.6) is 5.75 Å². The lowest BCUT2D eigenvalue weighted by atomic mass is 10.1. The number of carbonyl (C=O) groups is 1. The van der Waals surface area contributed by atoms with Gasteiger partial charge in [-0.05, 0) is 49.6 Å². The molecule has 5 rings (SSSR count). The molecule has 0 radical (unpaired) electrons. The van der Waals surface area contributed by atoms with Crippen LogP contribution >= 0.6 is 11.6 Å². The van der Waals surface area contributed by atoms with Gasteiger partial charge in [-0.15, -0.1) is 0 Å². The highest BCUT2D eigenvalue weighted by atomic mass is 35.5. The Bertz CT molecular complexity index is 1090. The fourth-order valence-corrected chi connectivity index (χ4v) is 4.60. The van der Waals surface area contributed by atoms with Gasteiger partial charge in [-0.1, -0.05) is 23.7 Å². The lowest BCUT2D eigenvalue weighted by Crippen LogP contribution is -2.51. The minimum absolute atomic E-state index is 0.0889. The second-order valence-corrected chi connectivity index (χ2v) is 8.50. The summed E-state index contributed by atoms with van der Waals surface area (Å²) < 4.78 is 8.23. The quantitative estimate of drug-likeness (QED) is 0.637. The largest absolute Gasteiger partial charge is 0.477 e. The number of imidazole rings is 1. The molecule has 1 unspecified atom stereocenters. The third-order valence-electron chi connectivity index (χ3n) is 6.07. The Balaban J connectivity index is 1.44. The summed E-state index contributed by atoms with van der Waals surface area (Å²) in [4.78, 5) is 22.1. The number of hydrogen-bond acceptors (Lipinski definition) is 4. The van der Waals surface area contributed by atoms with Gasteiger partial charge in [0.05, 0.1) is 29.8 Å². The summed E-state index contributed by atoms with van der Waals surface area (Å²) in [6.07, 6.45) is 2.84. The first-order valence-electron chi connectivity index (χ1n) is 10.5. The van der Waals surface area contributed by atoms with Gasteiger partial charge in [-0.2, -0.15) is 0 Å². The molecule has 0 N–H and O–H groups in total. The molecule has 0 bridgehead atoms. The smallest absolute Gasteiger partial charge is 0.265 e. The number of anilines is 1. The van der Waals surface area contributed by atoms with Gasteiger partial charge < -0.3 is 19.1 Å². The van der Waals surface area contributed by atoms with Crippen molar-refractivity contribution in [3.8, 4) is 5.75 Å². The van der Waals surface area contributed by atoms with Gasteiger partial charge >= 0.3 is 0 Å². The van der Waals surface area contributed by atoms with E-state index >= 15 is 0 Å². The van der Waals surface area contributed by atoms with Crippen molar-refractivity contribution in [2.24, 2.45) is 7.05 Å². The third-order valence-corrected chi connectivity index (χ3v) is 6.31. The van der Waals surface area contributed by atoms with Crippen molar-refractivity contribution in [2.45, 2.75) is 31.9 Å². The first-order valence-corrected chi connectivity index (χ1v) is 10.9. The Kier molecular flexibility index (Phi) is 5.03. The molecule has 3 heterocycles. The van der Waals surface area contributed by atoms with E-state index in [0.29, 0.717) is 18.1 Å². The van der Waals surface area contributed by atoms with E-state index in [0.717, 1.165) is 54.2 Å². The first-order chi connectivity index (χ1) is 14.6. The second kappa shape index (κ2) is 7.84. The Morgan fingerprint density at radius 1 is 1.17 bits per heavy atom. The van der Waals surface area contributed by atoms with Gasteiger partial charge in [0, 0.05) is 25.2 Å². The number of carbonyl (C=O) groups excluding carboxylic acids is 1. The number of fused-ring (bicyclic) bond motifs is 2. The Labute approximate surface area is 181 Å². The molecule has 2 aromatic carbocycles. The van der Waals surface area contributed by atoms with E-state index in [1.165, 1.54) is 6.42 Å². The van der Waals surface area contributed by atoms with Crippen LogP contribution in [0.4, 0.5) is 5.69 Å². The molecular formula is C23H25ClN4O2. The molecule has 1 atom stereocenters. The molecule has 0 aliphatic carbocycles. The van der Waals surface area contributed by atoms with E-state index < -0.39 is 6.10 Å². The highest BCUT2D eigenvalue weighted by Gasteiger charge is 2.34. The van der Waals surface area contributed by atoms with Crippen LogP contribution in [-0.2, 0) is 18.4 Å². The molecule has 1 saturated heterocycles. The average Bonchev–Trinajstić information content (AvgIpc) is 3.08. The molecule has 156 valence electrons. The molecule has 7 heteroatoms. The molecule has 0 spiro atoms. The highest BCUT2D eigenvalue weighted by molar-refractivity contribution is 6.31. The van der Waals surface area contributed by atoms with E-state index in [4.69, 9.17) is 21.3 Å². The van der Waals surface area contributed by atoms with Crippen LogP contribution in [0.25, 0.3) is 11.0 Å². The molecule has 1 aromatic heterocycles. The Morgan fingerprint density at radius 3 is 2.80 bits per heavy atom. The number of benzene rings is 2. The topological polar surface area (TPSA) is 50.6 Å². The fourth-order valence-electron chi connectivity index (χ4n) is 4.44. The number of para-hydroxylation sites is 2. The number of likely N-dealkylation sites (tertiary alicyclic amines) is 1. The zero-order chi connectivity index (χ0) is 20.7. The summed E-state index contributed by atoms with van der Waals surface area (Å²) >= 11 is 6.15. The lowest BCUT2D eigenvalue weighted by molar-refractivity contribution is -0.139. The van der Waals surface area contributed by atoms with Crippen molar-refractivity contribution >= 4 is 34.2 Å². The number of piperidine rings is 1. The van der Waals surface area contributed by atoms with Crippen molar-refractivity contribution in [3.05, 3.63) is 53.3 Å². The Hall–Kier alpha value is -2.73. The molecule has 2 aliphatic rings. The number of halogens is 1. The van der Waals surface area contributed by atoms with E-state index in [-0.39, 0.29) is 5.91 Å². The molecule has 0 saturated carbocycles. The molecule has 3 aromatic rings. The van der Waals surface area contributed by atoms with Gasteiger partial charge in [-0.25, -0.2) is 4.98 Å². The van der Waals surface area contributed by atoms with Crippen molar-refractivity contribution in [2.75, 3.05) is 24.5 Å². The molecular weight excluding hydrogens is 400 g/mol. The summed E-state index contributed by atoms with van der Waals surface area (Å²) in [6, 6.07) is 13.7. The number of aromatic nitrogens is 2. The number of rotatable bonds is 3. The molecule has 30 heavy (non-hydrogen) atoms. The predicted octanol–water partition coefficient (Wildman–Crippen LogP) is 4.01. The summed E-state index contributed by atoms with van der Waals surface area (Å²) in [5.41, 5.74) is 2.91. The lowest BCUT2D eigenvalue weighted by Gasteiger charge is -2.38. The summed E-state index contributed by atoms with van der Waals surface area (Å²) in [7, 11) is 2.02. The van der Waals surface area contributed by atoms with E-state index in [1.807, 2.05) is 54.4 Å². The maximum absolute atomic E-state index is 13.1. The van der Waals surface area contributed by atoms with Gasteiger partial charge in [-0.3, -0.25) is 4.79 Å². The summed E-state index contributed by atoms with van der Waals surface area (Å²) in [6.45, 7) is 2.75. The monoisotopic (exact) mass is 424 g/mol.